The number of ether oxygens (including phenoxy) is 2. The predicted octanol–water partition coefficient (Wildman–Crippen LogP) is 3.95. The highest BCUT2D eigenvalue weighted by Crippen LogP contribution is 2.29. The van der Waals surface area contributed by atoms with E-state index >= 15 is 0 Å². The number of benzene rings is 3. The van der Waals surface area contributed by atoms with Crippen molar-refractivity contribution in [3.05, 3.63) is 78.4 Å². The number of rotatable bonds is 8. The zero-order valence-corrected chi connectivity index (χ0v) is 19.9. The van der Waals surface area contributed by atoms with Gasteiger partial charge in [0.15, 0.2) is 0 Å². The van der Waals surface area contributed by atoms with Gasteiger partial charge in [-0.3, -0.25) is 4.79 Å². The van der Waals surface area contributed by atoms with Crippen molar-refractivity contribution in [1.29, 1.82) is 0 Å². The van der Waals surface area contributed by atoms with E-state index in [9.17, 15) is 13.2 Å². The third kappa shape index (κ3) is 5.47. The molecule has 1 aliphatic rings. The standard InChI is InChI=1S/C26H28N2O5S/c1-32-25-13-12-22(34(30,31)28-15-17-33-18-16-28)19-21(25)11-14-26(29)27-24-10-6-5-9-23(24)20-7-3-2-4-8-20/h2-10,12-13,19H,11,14-18H2,1H3,(H,27,29). The largest absolute Gasteiger partial charge is 0.496 e. The smallest absolute Gasteiger partial charge is 0.243 e. The number of anilines is 1. The number of carbonyl (C=O) groups is 1. The molecule has 3 aromatic rings. The number of morpholine rings is 1. The Bertz CT molecular complexity index is 1240. The van der Waals surface area contributed by atoms with Gasteiger partial charge in [0, 0.05) is 30.8 Å². The molecule has 1 saturated heterocycles. The Morgan fingerprint density at radius 3 is 2.44 bits per heavy atom. The van der Waals surface area contributed by atoms with Gasteiger partial charge in [-0.15, -0.1) is 0 Å². The zero-order valence-electron chi connectivity index (χ0n) is 19.1. The van der Waals surface area contributed by atoms with Gasteiger partial charge in [0.05, 0.1) is 25.2 Å². The maximum atomic E-state index is 13.0. The van der Waals surface area contributed by atoms with Crippen LogP contribution >= 0.6 is 0 Å². The van der Waals surface area contributed by atoms with E-state index in [-0.39, 0.29) is 17.2 Å². The van der Waals surface area contributed by atoms with Crippen molar-refractivity contribution in [3.63, 3.8) is 0 Å². The topological polar surface area (TPSA) is 84.9 Å². The zero-order chi connectivity index (χ0) is 24.0. The number of nitrogens with zero attached hydrogens (tertiary/aromatic N) is 1. The van der Waals surface area contributed by atoms with Crippen molar-refractivity contribution in [2.45, 2.75) is 17.7 Å². The maximum absolute atomic E-state index is 13.0. The third-order valence-electron chi connectivity index (χ3n) is 5.77. The molecule has 0 aromatic heterocycles. The van der Waals surface area contributed by atoms with E-state index < -0.39 is 10.0 Å². The summed E-state index contributed by atoms with van der Waals surface area (Å²) in [6.45, 7) is 1.42. The molecule has 7 nitrogen and oxygen atoms in total. The lowest BCUT2D eigenvalue weighted by Gasteiger charge is -2.26. The average Bonchev–Trinajstić information content (AvgIpc) is 2.88. The van der Waals surface area contributed by atoms with Crippen LogP contribution in [0.2, 0.25) is 0 Å². The van der Waals surface area contributed by atoms with Crippen molar-refractivity contribution >= 4 is 21.6 Å². The monoisotopic (exact) mass is 480 g/mol. The van der Waals surface area contributed by atoms with Crippen LogP contribution in [0.4, 0.5) is 5.69 Å². The van der Waals surface area contributed by atoms with Gasteiger partial charge in [-0.25, -0.2) is 8.42 Å². The molecule has 3 aromatic carbocycles. The molecule has 0 bridgehead atoms. The van der Waals surface area contributed by atoms with Gasteiger partial charge in [-0.05, 0) is 41.8 Å². The number of hydrogen-bond acceptors (Lipinski definition) is 5. The number of nitrogens with one attached hydrogen (secondary N) is 1. The fourth-order valence-electron chi connectivity index (χ4n) is 3.97. The minimum atomic E-state index is -3.64. The van der Waals surface area contributed by atoms with Gasteiger partial charge in [-0.2, -0.15) is 4.31 Å². The molecule has 8 heteroatoms. The molecule has 1 heterocycles. The Kier molecular flexibility index (Phi) is 7.62. The SMILES string of the molecule is COc1ccc(S(=O)(=O)N2CCOCC2)cc1CCC(=O)Nc1ccccc1-c1ccccc1. The number of carbonyl (C=O) groups excluding carboxylic acids is 1. The highest BCUT2D eigenvalue weighted by atomic mass is 32.2. The molecular weight excluding hydrogens is 452 g/mol. The summed E-state index contributed by atoms with van der Waals surface area (Å²) in [5, 5.41) is 2.99. The lowest BCUT2D eigenvalue weighted by atomic mass is 10.0. The van der Waals surface area contributed by atoms with E-state index in [0.29, 0.717) is 44.0 Å². The van der Waals surface area contributed by atoms with Gasteiger partial charge in [0.1, 0.15) is 5.75 Å². The number of methoxy groups -OCH3 is 1. The van der Waals surface area contributed by atoms with E-state index in [1.54, 1.807) is 18.2 Å². The Hall–Kier alpha value is -3.20. The summed E-state index contributed by atoms with van der Waals surface area (Å²) in [4.78, 5) is 13.0. The quantitative estimate of drug-likeness (QED) is 0.528. The Morgan fingerprint density at radius 2 is 1.71 bits per heavy atom. The highest BCUT2D eigenvalue weighted by Gasteiger charge is 2.27. The second-order valence-corrected chi connectivity index (χ2v) is 9.89. The Labute approximate surface area is 200 Å². The van der Waals surface area contributed by atoms with Gasteiger partial charge >= 0.3 is 0 Å². The van der Waals surface area contributed by atoms with Crippen molar-refractivity contribution in [2.75, 3.05) is 38.7 Å². The predicted molar refractivity (Wildman–Crippen MR) is 131 cm³/mol. The van der Waals surface area contributed by atoms with Crippen LogP contribution in [0, 0.1) is 0 Å². The second-order valence-electron chi connectivity index (χ2n) is 7.95. The molecule has 1 fully saturated rings. The van der Waals surface area contributed by atoms with Crippen LogP contribution in [-0.2, 0) is 26.0 Å². The molecule has 34 heavy (non-hydrogen) atoms. The fourth-order valence-corrected chi connectivity index (χ4v) is 5.43. The van der Waals surface area contributed by atoms with E-state index in [0.717, 1.165) is 16.8 Å². The number of amides is 1. The van der Waals surface area contributed by atoms with Gasteiger partial charge in [0.25, 0.3) is 0 Å². The highest BCUT2D eigenvalue weighted by molar-refractivity contribution is 7.89. The average molecular weight is 481 g/mol. The summed E-state index contributed by atoms with van der Waals surface area (Å²) in [7, 11) is -2.10. The van der Waals surface area contributed by atoms with Crippen LogP contribution in [0.1, 0.15) is 12.0 Å². The fraction of sp³-hybridized carbons (Fsp3) is 0.269. The lowest BCUT2D eigenvalue weighted by molar-refractivity contribution is -0.116. The Morgan fingerprint density at radius 1 is 1.00 bits per heavy atom. The summed E-state index contributed by atoms with van der Waals surface area (Å²) in [6, 6.07) is 22.3. The van der Waals surface area contributed by atoms with Gasteiger partial charge < -0.3 is 14.8 Å². The summed E-state index contributed by atoms with van der Waals surface area (Å²) >= 11 is 0. The summed E-state index contributed by atoms with van der Waals surface area (Å²) in [5.41, 5.74) is 3.35. The first-order valence-electron chi connectivity index (χ1n) is 11.2. The minimum absolute atomic E-state index is 0.160. The Balaban J connectivity index is 1.48. The first-order valence-corrected chi connectivity index (χ1v) is 12.6. The summed E-state index contributed by atoms with van der Waals surface area (Å²) in [5.74, 6) is 0.394. The summed E-state index contributed by atoms with van der Waals surface area (Å²) < 4.78 is 38.2. The first kappa shape index (κ1) is 23.9. The number of sulfonamides is 1. The maximum Gasteiger partial charge on any atom is 0.243 e. The molecule has 0 spiro atoms. The van der Waals surface area contributed by atoms with E-state index in [4.69, 9.17) is 9.47 Å². The van der Waals surface area contributed by atoms with Crippen molar-refractivity contribution in [2.24, 2.45) is 0 Å². The van der Waals surface area contributed by atoms with E-state index in [1.165, 1.54) is 11.4 Å². The molecule has 0 unspecified atom stereocenters. The molecule has 1 amide bonds. The number of aryl methyl sites for hydroxylation is 1. The van der Waals surface area contributed by atoms with Crippen LogP contribution in [0.3, 0.4) is 0 Å². The molecule has 0 atom stereocenters. The first-order chi connectivity index (χ1) is 16.5. The lowest BCUT2D eigenvalue weighted by Crippen LogP contribution is -2.40. The third-order valence-corrected chi connectivity index (χ3v) is 7.66. The van der Waals surface area contributed by atoms with Crippen molar-refractivity contribution < 1.29 is 22.7 Å². The number of hydrogen-bond donors (Lipinski definition) is 1. The molecule has 4 rings (SSSR count). The second kappa shape index (κ2) is 10.8. The molecule has 1 aliphatic heterocycles. The molecule has 1 N–H and O–H groups in total. The van der Waals surface area contributed by atoms with Crippen LogP contribution in [0.25, 0.3) is 11.1 Å². The molecule has 0 radical (unpaired) electrons. The van der Waals surface area contributed by atoms with Crippen LogP contribution < -0.4 is 10.1 Å². The van der Waals surface area contributed by atoms with Crippen LogP contribution in [-0.4, -0.2) is 52.0 Å². The van der Waals surface area contributed by atoms with Crippen molar-refractivity contribution in [1.82, 2.24) is 4.31 Å². The molecular formula is C26H28N2O5S. The number of para-hydroxylation sites is 1. The van der Waals surface area contributed by atoms with Crippen LogP contribution in [0.5, 0.6) is 5.75 Å². The van der Waals surface area contributed by atoms with E-state index in [2.05, 4.69) is 5.32 Å². The minimum Gasteiger partial charge on any atom is -0.496 e. The molecule has 178 valence electrons. The van der Waals surface area contributed by atoms with E-state index in [1.807, 2.05) is 54.6 Å². The molecule has 0 saturated carbocycles. The molecule has 0 aliphatic carbocycles. The van der Waals surface area contributed by atoms with Gasteiger partial charge in [-0.1, -0.05) is 48.5 Å². The van der Waals surface area contributed by atoms with Crippen molar-refractivity contribution in [3.8, 4) is 16.9 Å². The summed E-state index contributed by atoms with van der Waals surface area (Å²) in [6.07, 6.45) is 0.523. The normalized spacial score (nSPS) is 14.5. The van der Waals surface area contributed by atoms with Crippen LogP contribution in [0.15, 0.2) is 77.7 Å². The van der Waals surface area contributed by atoms with Gasteiger partial charge in [0.2, 0.25) is 15.9 Å².